The fraction of sp³-hybridized carbons (Fsp3) is 0.625. The molecule has 0 saturated heterocycles. The molecule has 2 nitrogen and oxygen atoms in total. The van der Waals surface area contributed by atoms with E-state index in [4.69, 9.17) is 17.4 Å². The van der Waals surface area contributed by atoms with Crippen molar-refractivity contribution in [1.29, 1.82) is 0 Å². The number of hydrogen-bond acceptors (Lipinski definition) is 2. The van der Waals surface area contributed by atoms with Crippen molar-refractivity contribution in [2.45, 2.75) is 57.4 Å². The second-order valence-corrected chi connectivity index (χ2v) is 6.25. The van der Waals surface area contributed by atoms with E-state index in [1.54, 1.807) is 12.1 Å². The lowest BCUT2D eigenvalue weighted by atomic mass is 9.83. The molecule has 0 bridgehead atoms. The lowest BCUT2D eigenvalue weighted by Crippen LogP contribution is -2.43. The maximum absolute atomic E-state index is 13.9. The Hall–Kier alpha value is -0.640. The number of nitrogens with one attached hydrogen (secondary N) is 1. The molecule has 1 aromatic rings. The van der Waals surface area contributed by atoms with Gasteiger partial charge in [0.1, 0.15) is 5.82 Å². The average molecular weight is 299 g/mol. The smallest absolute Gasteiger partial charge is 0.126 e. The molecule has 0 radical (unpaired) electrons. The molecule has 1 aromatic carbocycles. The first-order chi connectivity index (χ1) is 9.70. The van der Waals surface area contributed by atoms with Crippen LogP contribution >= 0.6 is 11.6 Å². The van der Waals surface area contributed by atoms with Crippen LogP contribution in [0.25, 0.3) is 0 Å². The maximum atomic E-state index is 13.9. The molecule has 1 saturated carbocycles. The Morgan fingerprint density at radius 3 is 2.50 bits per heavy atom. The van der Waals surface area contributed by atoms with E-state index in [-0.39, 0.29) is 11.9 Å². The summed E-state index contributed by atoms with van der Waals surface area (Å²) < 4.78 is 13.9. The van der Waals surface area contributed by atoms with Crippen LogP contribution in [-0.4, -0.2) is 6.04 Å². The highest BCUT2D eigenvalue weighted by molar-refractivity contribution is 6.30. The molecule has 1 aliphatic rings. The van der Waals surface area contributed by atoms with E-state index in [2.05, 4.69) is 5.43 Å². The lowest BCUT2D eigenvalue weighted by Gasteiger charge is -2.28. The van der Waals surface area contributed by atoms with Gasteiger partial charge in [0.15, 0.2) is 0 Å². The molecule has 1 atom stereocenters. The van der Waals surface area contributed by atoms with Crippen molar-refractivity contribution in [2.75, 3.05) is 0 Å². The molecule has 1 aliphatic carbocycles. The molecule has 112 valence electrons. The predicted octanol–water partition coefficient (Wildman–Crippen LogP) is 4.21. The first-order valence-electron chi connectivity index (χ1n) is 7.60. The zero-order chi connectivity index (χ0) is 14.4. The van der Waals surface area contributed by atoms with Gasteiger partial charge in [-0.3, -0.25) is 11.3 Å². The fourth-order valence-corrected chi connectivity index (χ4v) is 3.38. The van der Waals surface area contributed by atoms with Crippen molar-refractivity contribution in [3.05, 3.63) is 34.6 Å². The first kappa shape index (κ1) is 15.7. The molecular formula is C16H24ClFN2. The van der Waals surface area contributed by atoms with Crippen LogP contribution in [0.4, 0.5) is 4.39 Å². The molecule has 0 amide bonds. The molecule has 0 aliphatic heterocycles. The van der Waals surface area contributed by atoms with Crippen LogP contribution in [0.2, 0.25) is 5.02 Å². The summed E-state index contributed by atoms with van der Waals surface area (Å²) in [5.41, 5.74) is 3.56. The minimum Gasteiger partial charge on any atom is -0.271 e. The Morgan fingerprint density at radius 2 is 1.85 bits per heavy atom. The average Bonchev–Trinajstić information content (AvgIpc) is 2.40. The summed E-state index contributed by atoms with van der Waals surface area (Å²) in [5.74, 6) is 6.06. The monoisotopic (exact) mass is 298 g/mol. The topological polar surface area (TPSA) is 38.0 Å². The molecule has 1 unspecified atom stereocenters. The van der Waals surface area contributed by atoms with Crippen molar-refractivity contribution in [3.8, 4) is 0 Å². The third kappa shape index (κ3) is 4.44. The van der Waals surface area contributed by atoms with Gasteiger partial charge in [-0.2, -0.15) is 0 Å². The van der Waals surface area contributed by atoms with Crippen molar-refractivity contribution in [3.63, 3.8) is 0 Å². The van der Waals surface area contributed by atoms with Crippen LogP contribution in [-0.2, 0) is 6.42 Å². The normalized spacial score (nSPS) is 19.4. The van der Waals surface area contributed by atoms with Gasteiger partial charge in [-0.15, -0.1) is 0 Å². The van der Waals surface area contributed by atoms with E-state index < -0.39 is 0 Å². The first-order valence-corrected chi connectivity index (χ1v) is 7.98. The summed E-state index contributed by atoms with van der Waals surface area (Å²) in [6.07, 6.45) is 9.42. The summed E-state index contributed by atoms with van der Waals surface area (Å²) in [6, 6.07) is 4.86. The SMILES string of the molecule is NNC(Cc1cc(Cl)ccc1F)C1CCCCCCC1. The molecule has 0 aromatic heterocycles. The van der Waals surface area contributed by atoms with Gasteiger partial charge in [0.25, 0.3) is 0 Å². The van der Waals surface area contributed by atoms with Crippen LogP contribution in [0.1, 0.15) is 50.5 Å². The quantitative estimate of drug-likeness (QED) is 0.645. The molecular weight excluding hydrogens is 275 g/mol. The molecule has 0 spiro atoms. The Balaban J connectivity index is 2.04. The highest BCUT2D eigenvalue weighted by Gasteiger charge is 2.22. The molecule has 20 heavy (non-hydrogen) atoms. The predicted molar refractivity (Wildman–Crippen MR) is 82.0 cm³/mol. The summed E-state index contributed by atoms with van der Waals surface area (Å²) >= 11 is 5.96. The van der Waals surface area contributed by atoms with Gasteiger partial charge in [0.05, 0.1) is 0 Å². The maximum Gasteiger partial charge on any atom is 0.126 e. The summed E-state index contributed by atoms with van der Waals surface area (Å²) in [4.78, 5) is 0. The number of rotatable bonds is 4. The van der Waals surface area contributed by atoms with E-state index in [1.807, 2.05) is 0 Å². The Labute approximate surface area is 125 Å². The third-order valence-corrected chi connectivity index (χ3v) is 4.62. The van der Waals surface area contributed by atoms with E-state index in [9.17, 15) is 4.39 Å². The number of nitrogens with two attached hydrogens (primary N) is 1. The highest BCUT2D eigenvalue weighted by Crippen LogP contribution is 2.27. The van der Waals surface area contributed by atoms with Crippen LogP contribution in [0, 0.1) is 11.7 Å². The summed E-state index contributed by atoms with van der Waals surface area (Å²) in [5, 5.41) is 0.579. The Kier molecular flexibility index (Phi) is 6.27. The van der Waals surface area contributed by atoms with Crippen molar-refractivity contribution in [2.24, 2.45) is 11.8 Å². The summed E-state index contributed by atoms with van der Waals surface area (Å²) in [6.45, 7) is 0. The van der Waals surface area contributed by atoms with Crippen molar-refractivity contribution in [1.82, 2.24) is 5.43 Å². The third-order valence-electron chi connectivity index (χ3n) is 4.38. The van der Waals surface area contributed by atoms with Crippen molar-refractivity contribution < 1.29 is 4.39 Å². The van der Waals surface area contributed by atoms with E-state index in [0.29, 0.717) is 22.9 Å². The minimum atomic E-state index is -0.194. The second-order valence-electron chi connectivity index (χ2n) is 5.82. The fourth-order valence-electron chi connectivity index (χ4n) is 3.19. The molecule has 1 fully saturated rings. The van der Waals surface area contributed by atoms with Crippen LogP contribution < -0.4 is 11.3 Å². The number of benzene rings is 1. The van der Waals surface area contributed by atoms with Crippen LogP contribution in [0.5, 0.6) is 0 Å². The highest BCUT2D eigenvalue weighted by atomic mass is 35.5. The second kappa shape index (κ2) is 7.96. The zero-order valence-electron chi connectivity index (χ0n) is 11.9. The van der Waals surface area contributed by atoms with Gasteiger partial charge in [-0.05, 0) is 48.9 Å². The number of hydrazine groups is 1. The Morgan fingerprint density at radius 1 is 1.20 bits per heavy atom. The van der Waals surface area contributed by atoms with E-state index >= 15 is 0 Å². The van der Waals surface area contributed by atoms with Gasteiger partial charge >= 0.3 is 0 Å². The van der Waals surface area contributed by atoms with E-state index in [0.717, 1.165) is 0 Å². The Bertz CT molecular complexity index is 417. The van der Waals surface area contributed by atoms with Gasteiger partial charge in [-0.1, -0.05) is 43.7 Å². The molecule has 0 heterocycles. The van der Waals surface area contributed by atoms with Crippen molar-refractivity contribution >= 4 is 11.6 Å². The van der Waals surface area contributed by atoms with Crippen LogP contribution in [0.3, 0.4) is 0 Å². The minimum absolute atomic E-state index is 0.126. The van der Waals surface area contributed by atoms with Crippen LogP contribution in [0.15, 0.2) is 18.2 Å². The standard InChI is InChI=1S/C16H24ClFN2/c17-14-8-9-15(18)13(10-14)11-16(20-19)12-6-4-2-1-3-5-7-12/h8-10,12,16,20H,1-7,11,19H2. The van der Waals surface area contributed by atoms with Gasteiger partial charge in [-0.25, -0.2) is 4.39 Å². The molecule has 4 heteroatoms. The molecule has 2 rings (SSSR count). The number of hydrogen-bond donors (Lipinski definition) is 2. The lowest BCUT2D eigenvalue weighted by molar-refractivity contribution is 0.283. The van der Waals surface area contributed by atoms with E-state index in [1.165, 1.54) is 51.0 Å². The molecule has 3 N–H and O–H groups in total. The summed E-state index contributed by atoms with van der Waals surface area (Å²) in [7, 11) is 0. The largest absolute Gasteiger partial charge is 0.271 e. The van der Waals surface area contributed by atoms with Gasteiger partial charge < -0.3 is 0 Å². The van der Waals surface area contributed by atoms with Gasteiger partial charge in [0, 0.05) is 11.1 Å². The number of halogens is 2. The zero-order valence-corrected chi connectivity index (χ0v) is 12.6. The van der Waals surface area contributed by atoms with Gasteiger partial charge in [0.2, 0.25) is 0 Å².